The van der Waals surface area contributed by atoms with Crippen molar-refractivity contribution in [2.24, 2.45) is 5.92 Å². The van der Waals surface area contributed by atoms with Crippen LogP contribution in [0.2, 0.25) is 0 Å². The summed E-state index contributed by atoms with van der Waals surface area (Å²) in [6, 6.07) is 27.8. The van der Waals surface area contributed by atoms with E-state index in [2.05, 4.69) is 30.0 Å². The van der Waals surface area contributed by atoms with Crippen LogP contribution in [0.25, 0.3) is 5.57 Å². The first kappa shape index (κ1) is 18.6. The van der Waals surface area contributed by atoms with Gasteiger partial charge in [0.15, 0.2) is 5.78 Å². The molecule has 0 fully saturated rings. The number of Topliss-reactive ketones (excluding diaryl/α,β-unsaturated/α-hetero) is 1. The summed E-state index contributed by atoms with van der Waals surface area (Å²) in [6.45, 7) is 2.11. The zero-order valence-corrected chi connectivity index (χ0v) is 16.9. The number of aldehydes is 1. The van der Waals surface area contributed by atoms with E-state index in [4.69, 9.17) is 0 Å². The zero-order chi connectivity index (χ0) is 20.7. The Bertz CT molecular complexity index is 1140. The highest BCUT2D eigenvalue weighted by Gasteiger charge is 2.59. The Morgan fingerprint density at radius 1 is 0.900 bits per heavy atom. The van der Waals surface area contributed by atoms with Crippen molar-refractivity contribution in [1.29, 1.82) is 0 Å². The number of anilines is 1. The summed E-state index contributed by atoms with van der Waals surface area (Å²) >= 11 is 0. The average Bonchev–Trinajstić information content (AvgIpc) is 3.07. The molecule has 0 aliphatic carbocycles. The lowest BCUT2D eigenvalue weighted by molar-refractivity contribution is -0.108. The van der Waals surface area contributed by atoms with Gasteiger partial charge < -0.3 is 9.69 Å². The third kappa shape index (κ3) is 2.45. The molecule has 3 aromatic rings. The van der Waals surface area contributed by atoms with Gasteiger partial charge in [-0.2, -0.15) is 0 Å². The maximum atomic E-state index is 14.0. The van der Waals surface area contributed by atoms with Crippen molar-refractivity contribution in [3.05, 3.63) is 108 Å². The number of rotatable bonds is 4. The van der Waals surface area contributed by atoms with E-state index < -0.39 is 5.54 Å². The molecule has 2 heterocycles. The van der Waals surface area contributed by atoms with Gasteiger partial charge in [-0.05, 0) is 28.8 Å². The van der Waals surface area contributed by atoms with Crippen LogP contribution in [0.1, 0.15) is 34.8 Å². The molecule has 3 atom stereocenters. The second-order valence-corrected chi connectivity index (χ2v) is 8.04. The number of nitrogens with zero attached hydrogens (tertiary/aromatic N) is 1. The molecule has 0 unspecified atom stereocenters. The Balaban J connectivity index is 1.82. The molecule has 30 heavy (non-hydrogen) atoms. The lowest BCUT2D eigenvalue weighted by atomic mass is 9.69. The van der Waals surface area contributed by atoms with Gasteiger partial charge in [0.25, 0.3) is 0 Å². The number of carbonyl (C=O) groups excluding carboxylic acids is 2. The minimum Gasteiger partial charge on any atom is -0.346 e. The van der Waals surface area contributed by atoms with Crippen molar-refractivity contribution in [2.45, 2.75) is 24.9 Å². The van der Waals surface area contributed by atoms with Crippen LogP contribution in [0.5, 0.6) is 0 Å². The van der Waals surface area contributed by atoms with E-state index in [1.54, 1.807) is 0 Å². The minimum atomic E-state index is -0.850. The van der Waals surface area contributed by atoms with Gasteiger partial charge in [0.05, 0.1) is 6.04 Å². The number of benzene rings is 3. The van der Waals surface area contributed by atoms with E-state index in [1.807, 2.05) is 72.8 Å². The third-order valence-electron chi connectivity index (χ3n) is 6.53. The monoisotopic (exact) mass is 393 g/mol. The van der Waals surface area contributed by atoms with E-state index >= 15 is 0 Å². The van der Waals surface area contributed by atoms with Crippen molar-refractivity contribution in [2.75, 3.05) is 4.90 Å². The number of carbonyl (C=O) groups is 2. The molecule has 0 spiro atoms. The van der Waals surface area contributed by atoms with Crippen molar-refractivity contribution in [3.8, 4) is 0 Å². The highest BCUT2D eigenvalue weighted by Crippen LogP contribution is 2.55. The molecule has 0 aromatic heterocycles. The molecule has 0 radical (unpaired) electrons. The van der Waals surface area contributed by atoms with Gasteiger partial charge in [0.1, 0.15) is 11.8 Å². The molecule has 0 amide bonds. The first-order chi connectivity index (χ1) is 14.7. The van der Waals surface area contributed by atoms with Crippen molar-refractivity contribution in [3.63, 3.8) is 0 Å². The second-order valence-electron chi connectivity index (χ2n) is 8.04. The predicted molar refractivity (Wildman–Crippen MR) is 119 cm³/mol. The average molecular weight is 393 g/mol. The molecule has 3 nitrogen and oxygen atoms in total. The molecule has 2 aliphatic heterocycles. The molecular formula is C27H23NO2. The van der Waals surface area contributed by atoms with Crippen molar-refractivity contribution >= 4 is 23.3 Å². The fourth-order valence-corrected chi connectivity index (χ4v) is 5.33. The summed E-state index contributed by atoms with van der Waals surface area (Å²) in [5, 5.41) is 0. The summed E-state index contributed by atoms with van der Waals surface area (Å²) in [7, 11) is 0. The predicted octanol–water partition coefficient (Wildman–Crippen LogP) is 5.28. The summed E-state index contributed by atoms with van der Waals surface area (Å²) in [5.74, 6) is 0.0361. The standard InChI is InChI=1S/C27H23NO2/c1-19-18-23(20-10-4-2-5-11-20)25(16-17-29)28-24-15-9-8-14-22(24)26(30)27(19,28)21-12-6-3-7-13-21/h2-15,17-19,25H,16H2,1H3/t19-,25-,27-/m1/s1. The van der Waals surface area contributed by atoms with E-state index in [1.165, 1.54) is 0 Å². The smallest absolute Gasteiger partial charge is 0.195 e. The highest BCUT2D eigenvalue weighted by molar-refractivity contribution is 6.16. The summed E-state index contributed by atoms with van der Waals surface area (Å²) in [4.78, 5) is 28.0. The van der Waals surface area contributed by atoms with Crippen LogP contribution >= 0.6 is 0 Å². The maximum absolute atomic E-state index is 14.0. The fourth-order valence-electron chi connectivity index (χ4n) is 5.33. The summed E-state index contributed by atoms with van der Waals surface area (Å²) < 4.78 is 0. The molecule has 0 bridgehead atoms. The molecule has 2 aliphatic rings. The summed E-state index contributed by atoms with van der Waals surface area (Å²) in [6.07, 6.45) is 3.50. The van der Waals surface area contributed by atoms with Gasteiger partial charge in [-0.25, -0.2) is 0 Å². The number of ketones is 1. The van der Waals surface area contributed by atoms with E-state index in [-0.39, 0.29) is 17.7 Å². The summed E-state index contributed by atoms with van der Waals surface area (Å²) in [5.41, 5.74) is 3.95. The van der Waals surface area contributed by atoms with Crippen LogP contribution < -0.4 is 4.90 Å². The SMILES string of the molecule is C[C@@H]1C=C(c2ccccc2)[C@@H](CC=O)N2c3ccccc3C(=O)[C@]12c1ccccc1. The fraction of sp³-hybridized carbons (Fsp3) is 0.185. The largest absolute Gasteiger partial charge is 0.346 e. The second kappa shape index (κ2) is 7.10. The van der Waals surface area contributed by atoms with Gasteiger partial charge in [-0.1, -0.05) is 85.8 Å². The molecule has 0 N–H and O–H groups in total. The van der Waals surface area contributed by atoms with Crippen LogP contribution in [0.3, 0.4) is 0 Å². The van der Waals surface area contributed by atoms with Crippen LogP contribution in [0.15, 0.2) is 91.0 Å². The number of hydrogen-bond donors (Lipinski definition) is 0. The van der Waals surface area contributed by atoms with E-state index in [0.717, 1.165) is 34.2 Å². The van der Waals surface area contributed by atoms with Gasteiger partial charge in [-0.3, -0.25) is 4.79 Å². The normalized spacial score (nSPS) is 24.8. The van der Waals surface area contributed by atoms with Crippen LogP contribution in [-0.4, -0.2) is 18.1 Å². The molecule has 0 saturated carbocycles. The first-order valence-corrected chi connectivity index (χ1v) is 10.4. The zero-order valence-electron chi connectivity index (χ0n) is 16.9. The van der Waals surface area contributed by atoms with Gasteiger partial charge in [-0.15, -0.1) is 0 Å². The Hall–Kier alpha value is -3.46. The Morgan fingerprint density at radius 2 is 1.53 bits per heavy atom. The number of fused-ring (bicyclic) bond motifs is 3. The minimum absolute atomic E-state index is 0.0714. The van der Waals surface area contributed by atoms with Gasteiger partial charge in [0, 0.05) is 23.6 Å². The first-order valence-electron chi connectivity index (χ1n) is 10.4. The van der Waals surface area contributed by atoms with E-state index in [0.29, 0.717) is 6.42 Å². The highest BCUT2D eigenvalue weighted by atomic mass is 16.1. The van der Waals surface area contributed by atoms with Crippen LogP contribution in [0, 0.1) is 5.92 Å². The van der Waals surface area contributed by atoms with Gasteiger partial charge >= 0.3 is 0 Å². The van der Waals surface area contributed by atoms with E-state index in [9.17, 15) is 9.59 Å². The molecule has 3 aromatic carbocycles. The number of hydrogen-bond acceptors (Lipinski definition) is 3. The lowest BCUT2D eigenvalue weighted by Crippen LogP contribution is -2.58. The van der Waals surface area contributed by atoms with Crippen LogP contribution in [0.4, 0.5) is 5.69 Å². The third-order valence-corrected chi connectivity index (χ3v) is 6.53. The van der Waals surface area contributed by atoms with Gasteiger partial charge in [0.2, 0.25) is 0 Å². The maximum Gasteiger partial charge on any atom is 0.195 e. The molecule has 3 heteroatoms. The number of para-hydroxylation sites is 1. The molecule has 0 saturated heterocycles. The molecular weight excluding hydrogens is 370 g/mol. The molecule has 148 valence electrons. The Kier molecular flexibility index (Phi) is 4.39. The van der Waals surface area contributed by atoms with Crippen molar-refractivity contribution < 1.29 is 9.59 Å². The lowest BCUT2D eigenvalue weighted by Gasteiger charge is -2.50. The quantitative estimate of drug-likeness (QED) is 0.566. The Labute approximate surface area is 176 Å². The Morgan fingerprint density at radius 3 is 2.23 bits per heavy atom. The topological polar surface area (TPSA) is 37.4 Å². The van der Waals surface area contributed by atoms with Crippen molar-refractivity contribution in [1.82, 2.24) is 0 Å². The van der Waals surface area contributed by atoms with Crippen LogP contribution in [-0.2, 0) is 10.3 Å². The molecule has 5 rings (SSSR count).